The normalized spacial score (nSPS) is 12.2. The summed E-state index contributed by atoms with van der Waals surface area (Å²) in [7, 11) is 1.62. The van der Waals surface area contributed by atoms with Crippen molar-refractivity contribution in [1.29, 1.82) is 0 Å². The average molecular weight is 274 g/mol. The van der Waals surface area contributed by atoms with Gasteiger partial charge in [0.05, 0.1) is 13.2 Å². The molecule has 0 heterocycles. The van der Waals surface area contributed by atoms with Crippen LogP contribution in [0.2, 0.25) is 0 Å². The summed E-state index contributed by atoms with van der Waals surface area (Å²) in [6, 6.07) is 12.8. The van der Waals surface area contributed by atoms with Crippen LogP contribution in [0.1, 0.15) is 22.7 Å². The molecule has 2 aromatic rings. The van der Waals surface area contributed by atoms with Crippen molar-refractivity contribution in [3.63, 3.8) is 0 Å². The number of rotatable bonds is 5. The van der Waals surface area contributed by atoms with Gasteiger partial charge in [0.15, 0.2) is 0 Å². The monoisotopic (exact) mass is 274 g/mol. The fourth-order valence-corrected chi connectivity index (χ4v) is 2.23. The lowest BCUT2D eigenvalue weighted by molar-refractivity contribution is 0.413. The number of methoxy groups -OCH3 is 1. The molecule has 0 amide bonds. The first-order valence-electron chi connectivity index (χ1n) is 6.49. The highest BCUT2D eigenvalue weighted by atomic mass is 19.1. The Bertz CT molecular complexity index is 586. The second kappa shape index (κ2) is 6.50. The molecular formula is C16H19FN2O. The summed E-state index contributed by atoms with van der Waals surface area (Å²) in [4.78, 5) is 0. The van der Waals surface area contributed by atoms with E-state index in [4.69, 9.17) is 10.6 Å². The molecule has 20 heavy (non-hydrogen) atoms. The Kier molecular flexibility index (Phi) is 4.71. The van der Waals surface area contributed by atoms with Crippen LogP contribution >= 0.6 is 0 Å². The summed E-state index contributed by atoms with van der Waals surface area (Å²) in [5.74, 6) is 6.16. The lowest BCUT2D eigenvalue weighted by Crippen LogP contribution is -2.30. The third-order valence-corrected chi connectivity index (χ3v) is 3.37. The smallest absolute Gasteiger partial charge is 0.130 e. The van der Waals surface area contributed by atoms with Crippen molar-refractivity contribution in [2.75, 3.05) is 7.11 Å². The van der Waals surface area contributed by atoms with E-state index in [1.807, 2.05) is 30.3 Å². The Morgan fingerprint density at radius 1 is 1.25 bits per heavy atom. The highest BCUT2D eigenvalue weighted by molar-refractivity contribution is 5.32. The number of halogens is 1. The van der Waals surface area contributed by atoms with Gasteiger partial charge in [0.2, 0.25) is 0 Å². The fraction of sp³-hybridized carbons (Fsp3) is 0.250. The molecule has 0 spiro atoms. The molecule has 0 saturated carbocycles. The number of nitrogens with two attached hydrogens (primary N) is 1. The van der Waals surface area contributed by atoms with E-state index >= 15 is 0 Å². The molecule has 0 radical (unpaired) electrons. The average Bonchev–Trinajstić information content (AvgIpc) is 2.48. The molecule has 0 aliphatic rings. The van der Waals surface area contributed by atoms with E-state index in [-0.39, 0.29) is 11.9 Å². The van der Waals surface area contributed by atoms with Crippen molar-refractivity contribution in [3.05, 3.63) is 65.0 Å². The van der Waals surface area contributed by atoms with Crippen LogP contribution in [0, 0.1) is 12.7 Å². The highest BCUT2D eigenvalue weighted by Gasteiger charge is 2.16. The summed E-state index contributed by atoms with van der Waals surface area (Å²) in [6.45, 7) is 1.75. The number of ether oxygens (including phenoxy) is 1. The van der Waals surface area contributed by atoms with E-state index in [9.17, 15) is 4.39 Å². The number of hydrazine groups is 1. The van der Waals surface area contributed by atoms with Gasteiger partial charge in [-0.1, -0.05) is 30.3 Å². The van der Waals surface area contributed by atoms with Crippen LogP contribution in [0.25, 0.3) is 0 Å². The van der Waals surface area contributed by atoms with E-state index in [0.717, 1.165) is 11.3 Å². The van der Waals surface area contributed by atoms with Crippen LogP contribution in [-0.4, -0.2) is 7.11 Å². The van der Waals surface area contributed by atoms with Crippen molar-refractivity contribution in [3.8, 4) is 5.75 Å². The second-order valence-corrected chi connectivity index (χ2v) is 4.75. The Morgan fingerprint density at radius 3 is 2.70 bits per heavy atom. The van der Waals surface area contributed by atoms with Gasteiger partial charge in [-0.05, 0) is 36.6 Å². The highest BCUT2D eigenvalue weighted by Crippen LogP contribution is 2.24. The molecule has 2 rings (SSSR count). The van der Waals surface area contributed by atoms with Crippen LogP contribution in [0.5, 0.6) is 5.75 Å². The van der Waals surface area contributed by atoms with Crippen LogP contribution in [0.4, 0.5) is 4.39 Å². The molecule has 106 valence electrons. The number of benzene rings is 2. The molecule has 0 saturated heterocycles. The molecule has 3 N–H and O–H groups in total. The zero-order chi connectivity index (χ0) is 14.5. The van der Waals surface area contributed by atoms with Gasteiger partial charge in [-0.2, -0.15) is 0 Å². The van der Waals surface area contributed by atoms with Crippen LogP contribution in [0.15, 0.2) is 42.5 Å². The summed E-state index contributed by atoms with van der Waals surface area (Å²) >= 11 is 0. The molecule has 0 fully saturated rings. The maximum absolute atomic E-state index is 14.2. The van der Waals surface area contributed by atoms with Crippen LogP contribution in [-0.2, 0) is 6.42 Å². The first-order chi connectivity index (χ1) is 9.65. The lowest BCUT2D eigenvalue weighted by atomic mass is 9.97. The predicted octanol–water partition coefficient (Wildman–Crippen LogP) is 2.89. The van der Waals surface area contributed by atoms with Gasteiger partial charge in [0.25, 0.3) is 0 Å². The predicted molar refractivity (Wildman–Crippen MR) is 77.9 cm³/mol. The Morgan fingerprint density at radius 2 is 2.00 bits per heavy atom. The van der Waals surface area contributed by atoms with Gasteiger partial charge >= 0.3 is 0 Å². The van der Waals surface area contributed by atoms with E-state index in [2.05, 4.69) is 5.43 Å². The summed E-state index contributed by atoms with van der Waals surface area (Å²) in [5.41, 5.74) is 4.92. The quantitative estimate of drug-likeness (QED) is 0.651. The van der Waals surface area contributed by atoms with Crippen molar-refractivity contribution in [2.24, 2.45) is 5.84 Å². The Hall–Kier alpha value is -1.91. The molecule has 4 heteroatoms. The van der Waals surface area contributed by atoms with Crippen molar-refractivity contribution >= 4 is 0 Å². The molecule has 0 bridgehead atoms. The zero-order valence-electron chi connectivity index (χ0n) is 11.7. The Balaban J connectivity index is 2.26. The van der Waals surface area contributed by atoms with E-state index in [1.54, 1.807) is 26.2 Å². The fourth-order valence-electron chi connectivity index (χ4n) is 2.23. The topological polar surface area (TPSA) is 47.3 Å². The molecule has 1 atom stereocenters. The molecular weight excluding hydrogens is 255 g/mol. The van der Waals surface area contributed by atoms with Crippen LogP contribution in [0.3, 0.4) is 0 Å². The Labute approximate surface area is 118 Å². The van der Waals surface area contributed by atoms with Gasteiger partial charge < -0.3 is 4.74 Å². The molecule has 3 nitrogen and oxygen atoms in total. The first-order valence-corrected chi connectivity index (χ1v) is 6.49. The minimum absolute atomic E-state index is 0.210. The standard InChI is InChI=1S/C16H19FN2O/c1-11-5-3-8-14(16(11)17)15(19-18)10-12-6-4-7-13(9-12)20-2/h3-9,15,19H,10,18H2,1-2H3. The maximum Gasteiger partial charge on any atom is 0.130 e. The SMILES string of the molecule is COc1cccc(CC(NN)c2cccc(C)c2F)c1. The van der Waals surface area contributed by atoms with Gasteiger partial charge in [-0.3, -0.25) is 11.3 Å². The second-order valence-electron chi connectivity index (χ2n) is 4.75. The number of hydrogen-bond donors (Lipinski definition) is 2. The molecule has 0 aromatic heterocycles. The van der Waals surface area contributed by atoms with Crippen molar-refractivity contribution in [1.82, 2.24) is 5.43 Å². The van der Waals surface area contributed by atoms with Gasteiger partial charge in [-0.25, -0.2) is 4.39 Å². The van der Waals surface area contributed by atoms with E-state index in [0.29, 0.717) is 17.5 Å². The molecule has 1 unspecified atom stereocenters. The van der Waals surface area contributed by atoms with Gasteiger partial charge in [0, 0.05) is 5.56 Å². The molecule has 2 aromatic carbocycles. The van der Waals surface area contributed by atoms with E-state index in [1.165, 1.54) is 0 Å². The molecule has 0 aliphatic heterocycles. The minimum atomic E-state index is -0.276. The maximum atomic E-state index is 14.2. The van der Waals surface area contributed by atoms with Gasteiger partial charge in [-0.15, -0.1) is 0 Å². The van der Waals surface area contributed by atoms with E-state index < -0.39 is 0 Å². The van der Waals surface area contributed by atoms with Crippen molar-refractivity contribution < 1.29 is 9.13 Å². The van der Waals surface area contributed by atoms with Crippen LogP contribution < -0.4 is 16.0 Å². The summed E-state index contributed by atoms with van der Waals surface area (Å²) in [6.07, 6.45) is 0.591. The third-order valence-electron chi connectivity index (χ3n) is 3.37. The largest absolute Gasteiger partial charge is 0.497 e. The summed E-state index contributed by atoms with van der Waals surface area (Å²) < 4.78 is 19.4. The number of hydrogen-bond acceptors (Lipinski definition) is 3. The lowest BCUT2D eigenvalue weighted by Gasteiger charge is -2.18. The third kappa shape index (κ3) is 3.15. The first kappa shape index (κ1) is 14.5. The summed E-state index contributed by atoms with van der Waals surface area (Å²) in [5, 5.41) is 0. The number of nitrogens with one attached hydrogen (secondary N) is 1. The zero-order valence-corrected chi connectivity index (χ0v) is 11.7. The number of aryl methyl sites for hydroxylation is 1. The minimum Gasteiger partial charge on any atom is -0.497 e. The van der Waals surface area contributed by atoms with Crippen molar-refractivity contribution in [2.45, 2.75) is 19.4 Å². The van der Waals surface area contributed by atoms with Gasteiger partial charge in [0.1, 0.15) is 11.6 Å². The molecule has 0 aliphatic carbocycles.